The zero-order valence-electron chi connectivity index (χ0n) is 11.1. The van der Waals surface area contributed by atoms with Crippen LogP contribution >= 0.6 is 0 Å². The second-order valence-electron chi connectivity index (χ2n) is 5.26. The molecule has 4 nitrogen and oxygen atoms in total. The summed E-state index contributed by atoms with van der Waals surface area (Å²) in [5, 5.41) is 8.42. The molecule has 0 aliphatic heterocycles. The third kappa shape index (κ3) is 2.54. The molecule has 0 bridgehead atoms. The molecule has 2 aromatic rings. The van der Waals surface area contributed by atoms with Crippen LogP contribution in [-0.4, -0.2) is 14.8 Å². The van der Waals surface area contributed by atoms with Gasteiger partial charge >= 0.3 is 0 Å². The lowest BCUT2D eigenvalue weighted by Gasteiger charge is -2.24. The molecule has 1 aliphatic carbocycles. The first kappa shape index (κ1) is 12.4. The molecule has 0 spiro atoms. The summed E-state index contributed by atoms with van der Waals surface area (Å²) in [7, 11) is 0. The highest BCUT2D eigenvalue weighted by atomic mass is 15.3. The summed E-state index contributed by atoms with van der Waals surface area (Å²) >= 11 is 0. The number of nitrogens with two attached hydrogens (primary N) is 1. The van der Waals surface area contributed by atoms with Crippen LogP contribution in [0.5, 0.6) is 0 Å². The molecule has 1 heterocycles. The van der Waals surface area contributed by atoms with E-state index in [1.165, 1.54) is 32.1 Å². The van der Waals surface area contributed by atoms with Crippen molar-refractivity contribution < 1.29 is 0 Å². The summed E-state index contributed by atoms with van der Waals surface area (Å²) in [4.78, 5) is 0. The van der Waals surface area contributed by atoms with Gasteiger partial charge in [-0.3, -0.25) is 0 Å². The van der Waals surface area contributed by atoms with E-state index in [0.29, 0.717) is 12.6 Å². The van der Waals surface area contributed by atoms with Gasteiger partial charge in [-0.05, 0) is 24.5 Å². The van der Waals surface area contributed by atoms with Crippen LogP contribution in [0.3, 0.4) is 0 Å². The van der Waals surface area contributed by atoms with Crippen LogP contribution in [0.4, 0.5) is 0 Å². The number of hydrogen-bond acceptors (Lipinski definition) is 3. The summed E-state index contributed by atoms with van der Waals surface area (Å²) in [6, 6.07) is 8.84. The van der Waals surface area contributed by atoms with Crippen LogP contribution in [0.1, 0.15) is 43.7 Å². The van der Waals surface area contributed by atoms with Crippen molar-refractivity contribution in [1.82, 2.24) is 14.8 Å². The highest BCUT2D eigenvalue weighted by molar-refractivity contribution is 5.56. The van der Waals surface area contributed by atoms with Gasteiger partial charge in [-0.25, -0.2) is 0 Å². The molecule has 1 aliphatic rings. The molecule has 0 amide bonds. The average molecular weight is 256 g/mol. The van der Waals surface area contributed by atoms with E-state index in [9.17, 15) is 0 Å². The minimum absolute atomic E-state index is 0.556. The van der Waals surface area contributed by atoms with Crippen LogP contribution in [0.25, 0.3) is 11.4 Å². The molecule has 4 heteroatoms. The van der Waals surface area contributed by atoms with E-state index < -0.39 is 0 Å². The van der Waals surface area contributed by atoms with Gasteiger partial charge in [-0.2, -0.15) is 0 Å². The molecule has 0 unspecified atom stereocenters. The Morgan fingerprint density at radius 1 is 1.21 bits per heavy atom. The van der Waals surface area contributed by atoms with Crippen molar-refractivity contribution in [3.8, 4) is 11.4 Å². The largest absolute Gasteiger partial charge is 0.326 e. The summed E-state index contributed by atoms with van der Waals surface area (Å²) in [6.07, 6.45) is 8.33. The minimum atomic E-state index is 0.556. The van der Waals surface area contributed by atoms with Gasteiger partial charge in [0.2, 0.25) is 0 Å². The molecular formula is C15H20N4. The Hall–Kier alpha value is -1.68. The summed E-state index contributed by atoms with van der Waals surface area (Å²) < 4.78 is 2.24. The van der Waals surface area contributed by atoms with E-state index in [0.717, 1.165) is 17.0 Å². The Kier molecular flexibility index (Phi) is 3.60. The summed E-state index contributed by atoms with van der Waals surface area (Å²) in [5.74, 6) is 0.974. The number of hydrogen-bond donors (Lipinski definition) is 1. The first-order valence-corrected chi connectivity index (χ1v) is 7.07. The summed E-state index contributed by atoms with van der Waals surface area (Å²) in [6.45, 7) is 0.561. The first-order chi connectivity index (χ1) is 9.38. The molecule has 1 saturated carbocycles. The Balaban J connectivity index is 1.94. The van der Waals surface area contributed by atoms with Crippen molar-refractivity contribution in [2.75, 3.05) is 0 Å². The fourth-order valence-corrected chi connectivity index (χ4v) is 2.91. The molecule has 0 saturated heterocycles. The lowest BCUT2D eigenvalue weighted by Crippen LogP contribution is -2.13. The van der Waals surface area contributed by atoms with Crippen molar-refractivity contribution in [2.24, 2.45) is 5.73 Å². The standard InChI is InChI=1S/C15H20N4/c16-10-12-5-4-6-13(9-12)15-18-17-11-19(15)14-7-2-1-3-8-14/h4-6,9,11,14H,1-3,7-8,10,16H2. The molecule has 100 valence electrons. The van der Waals surface area contributed by atoms with Crippen LogP contribution in [-0.2, 0) is 6.54 Å². The van der Waals surface area contributed by atoms with Crippen LogP contribution < -0.4 is 5.73 Å². The lowest BCUT2D eigenvalue weighted by atomic mass is 9.95. The van der Waals surface area contributed by atoms with E-state index in [4.69, 9.17) is 5.73 Å². The van der Waals surface area contributed by atoms with Crippen molar-refractivity contribution in [3.63, 3.8) is 0 Å². The molecule has 1 aromatic carbocycles. The Bertz CT molecular complexity index is 541. The maximum absolute atomic E-state index is 5.71. The second kappa shape index (κ2) is 5.53. The van der Waals surface area contributed by atoms with Crippen molar-refractivity contribution in [2.45, 2.75) is 44.7 Å². The smallest absolute Gasteiger partial charge is 0.164 e. The molecular weight excluding hydrogens is 236 g/mol. The predicted molar refractivity (Wildman–Crippen MR) is 75.5 cm³/mol. The number of aromatic nitrogens is 3. The van der Waals surface area contributed by atoms with E-state index in [-0.39, 0.29) is 0 Å². The van der Waals surface area contributed by atoms with E-state index >= 15 is 0 Å². The lowest BCUT2D eigenvalue weighted by molar-refractivity contribution is 0.355. The monoisotopic (exact) mass is 256 g/mol. The highest BCUT2D eigenvalue weighted by Gasteiger charge is 2.19. The molecule has 3 rings (SSSR count). The van der Waals surface area contributed by atoms with Crippen LogP contribution in [0.15, 0.2) is 30.6 Å². The van der Waals surface area contributed by atoms with Gasteiger partial charge in [0.05, 0.1) is 0 Å². The van der Waals surface area contributed by atoms with Crippen LogP contribution in [0.2, 0.25) is 0 Å². The third-order valence-corrected chi connectivity index (χ3v) is 3.96. The molecule has 2 N–H and O–H groups in total. The fraction of sp³-hybridized carbons (Fsp3) is 0.467. The quantitative estimate of drug-likeness (QED) is 0.918. The van der Waals surface area contributed by atoms with Crippen molar-refractivity contribution in [3.05, 3.63) is 36.2 Å². The first-order valence-electron chi connectivity index (χ1n) is 7.07. The number of nitrogens with zero attached hydrogens (tertiary/aromatic N) is 3. The van der Waals surface area contributed by atoms with Gasteiger partial charge < -0.3 is 10.3 Å². The number of benzene rings is 1. The Labute approximate surface area is 113 Å². The minimum Gasteiger partial charge on any atom is -0.326 e. The van der Waals surface area contributed by atoms with Crippen molar-refractivity contribution in [1.29, 1.82) is 0 Å². The Morgan fingerprint density at radius 2 is 2.05 bits per heavy atom. The van der Waals surface area contributed by atoms with E-state index in [2.05, 4.69) is 26.9 Å². The third-order valence-electron chi connectivity index (χ3n) is 3.96. The summed E-state index contributed by atoms with van der Waals surface area (Å²) in [5.41, 5.74) is 7.96. The highest BCUT2D eigenvalue weighted by Crippen LogP contribution is 2.31. The average Bonchev–Trinajstić information content (AvgIpc) is 2.98. The topological polar surface area (TPSA) is 56.7 Å². The van der Waals surface area contributed by atoms with Crippen molar-refractivity contribution >= 4 is 0 Å². The maximum atomic E-state index is 5.71. The SMILES string of the molecule is NCc1cccc(-c2nncn2C2CCCCC2)c1. The maximum Gasteiger partial charge on any atom is 0.164 e. The second-order valence-corrected chi connectivity index (χ2v) is 5.26. The van der Waals surface area contributed by atoms with Gasteiger partial charge in [0.15, 0.2) is 5.82 Å². The predicted octanol–water partition coefficient (Wildman–Crippen LogP) is 2.91. The van der Waals surface area contributed by atoms with E-state index in [1.54, 1.807) is 0 Å². The van der Waals surface area contributed by atoms with Crippen LogP contribution in [0, 0.1) is 0 Å². The normalized spacial score (nSPS) is 16.7. The zero-order valence-corrected chi connectivity index (χ0v) is 11.1. The van der Waals surface area contributed by atoms with Gasteiger partial charge in [0.1, 0.15) is 6.33 Å². The van der Waals surface area contributed by atoms with E-state index in [1.807, 2.05) is 18.5 Å². The molecule has 19 heavy (non-hydrogen) atoms. The molecule has 0 atom stereocenters. The Morgan fingerprint density at radius 3 is 2.84 bits per heavy atom. The number of rotatable bonds is 3. The van der Waals surface area contributed by atoms with Gasteiger partial charge in [0.25, 0.3) is 0 Å². The zero-order chi connectivity index (χ0) is 13.1. The molecule has 0 radical (unpaired) electrons. The molecule has 1 aromatic heterocycles. The fourth-order valence-electron chi connectivity index (χ4n) is 2.91. The van der Waals surface area contributed by atoms with Gasteiger partial charge in [-0.1, -0.05) is 37.5 Å². The molecule has 1 fully saturated rings. The van der Waals surface area contributed by atoms with Gasteiger partial charge in [-0.15, -0.1) is 10.2 Å². The van der Waals surface area contributed by atoms with Gasteiger partial charge in [0, 0.05) is 18.2 Å².